The van der Waals surface area contributed by atoms with E-state index in [-0.39, 0.29) is 11.6 Å². The summed E-state index contributed by atoms with van der Waals surface area (Å²) >= 11 is 0. The zero-order valence-electron chi connectivity index (χ0n) is 11.5. The molecule has 0 aliphatic heterocycles. The maximum absolute atomic E-state index is 12.2. The van der Waals surface area contributed by atoms with Gasteiger partial charge in [-0.15, -0.1) is 0 Å². The van der Waals surface area contributed by atoms with Gasteiger partial charge in [-0.2, -0.15) is 0 Å². The molecular formula is C14H16N2O5. The number of nitrogens with one attached hydrogen (secondary N) is 1. The molecule has 3 unspecified atom stereocenters. The summed E-state index contributed by atoms with van der Waals surface area (Å²) in [7, 11) is 0. The molecule has 2 rings (SSSR count). The minimum atomic E-state index is -0.974. The second kappa shape index (κ2) is 5.90. The first-order chi connectivity index (χ1) is 9.88. The maximum atomic E-state index is 12.2. The molecule has 0 saturated heterocycles. The predicted molar refractivity (Wildman–Crippen MR) is 74.7 cm³/mol. The van der Waals surface area contributed by atoms with Gasteiger partial charge in [-0.25, -0.2) is 0 Å². The van der Waals surface area contributed by atoms with Crippen molar-refractivity contribution in [3.63, 3.8) is 0 Å². The lowest BCUT2D eigenvalue weighted by molar-refractivity contribution is -0.384. The third kappa shape index (κ3) is 3.36. The fourth-order valence-electron chi connectivity index (χ4n) is 2.79. The number of rotatable bonds is 4. The van der Waals surface area contributed by atoms with E-state index >= 15 is 0 Å². The Morgan fingerprint density at radius 3 is 2.62 bits per heavy atom. The van der Waals surface area contributed by atoms with Crippen molar-refractivity contribution in [2.45, 2.75) is 19.8 Å². The Hall–Kier alpha value is -2.44. The van der Waals surface area contributed by atoms with E-state index in [4.69, 9.17) is 5.11 Å². The minimum Gasteiger partial charge on any atom is -0.481 e. The average molecular weight is 292 g/mol. The Morgan fingerprint density at radius 2 is 2.00 bits per heavy atom. The fourth-order valence-corrected chi connectivity index (χ4v) is 2.79. The molecule has 1 aromatic carbocycles. The molecule has 7 heteroatoms. The Balaban J connectivity index is 2.12. The zero-order chi connectivity index (χ0) is 15.6. The molecule has 1 amide bonds. The second-order valence-electron chi connectivity index (χ2n) is 5.42. The normalized spacial score (nSPS) is 24.5. The smallest absolute Gasteiger partial charge is 0.307 e. The van der Waals surface area contributed by atoms with E-state index in [1.165, 1.54) is 18.2 Å². The number of nitrogens with zero attached hydrogens (tertiary/aromatic N) is 1. The lowest BCUT2D eigenvalue weighted by atomic mass is 9.95. The average Bonchev–Trinajstić information content (AvgIpc) is 2.81. The van der Waals surface area contributed by atoms with Gasteiger partial charge < -0.3 is 10.4 Å². The van der Waals surface area contributed by atoms with Crippen molar-refractivity contribution in [2.75, 3.05) is 5.32 Å². The number of nitro groups is 1. The van der Waals surface area contributed by atoms with Crippen LogP contribution in [0.15, 0.2) is 24.3 Å². The number of carboxylic acid groups (broad SMARTS) is 1. The number of aliphatic carboxylic acids is 1. The van der Waals surface area contributed by atoms with Gasteiger partial charge in [0.2, 0.25) is 5.91 Å². The van der Waals surface area contributed by atoms with E-state index in [2.05, 4.69) is 5.32 Å². The standard InChI is InChI=1S/C14H16N2O5/c1-8-5-11(12(6-8)14(18)19)13(17)15-9-3-2-4-10(7-9)16(20)21/h2-4,7-8,11-12H,5-6H2,1H3,(H,15,17)(H,18,19). The molecule has 2 N–H and O–H groups in total. The van der Waals surface area contributed by atoms with Crippen LogP contribution in [0, 0.1) is 27.9 Å². The summed E-state index contributed by atoms with van der Waals surface area (Å²) in [6.07, 6.45) is 0.986. The number of non-ortho nitro benzene ring substituents is 1. The number of benzene rings is 1. The molecular weight excluding hydrogens is 276 g/mol. The molecule has 0 bridgehead atoms. The third-order valence-electron chi connectivity index (χ3n) is 3.78. The number of amides is 1. The highest BCUT2D eigenvalue weighted by Crippen LogP contribution is 2.37. The number of carboxylic acids is 1. The summed E-state index contributed by atoms with van der Waals surface area (Å²) in [5.74, 6) is -2.49. The van der Waals surface area contributed by atoms with Gasteiger partial charge in [-0.1, -0.05) is 13.0 Å². The topological polar surface area (TPSA) is 110 Å². The molecule has 0 aromatic heterocycles. The monoisotopic (exact) mass is 292 g/mol. The van der Waals surface area contributed by atoms with E-state index in [1.54, 1.807) is 6.07 Å². The highest BCUT2D eigenvalue weighted by atomic mass is 16.6. The molecule has 21 heavy (non-hydrogen) atoms. The summed E-state index contributed by atoms with van der Waals surface area (Å²) in [6.45, 7) is 1.91. The molecule has 1 saturated carbocycles. The van der Waals surface area contributed by atoms with Gasteiger partial charge >= 0.3 is 5.97 Å². The van der Waals surface area contributed by atoms with Crippen molar-refractivity contribution in [3.8, 4) is 0 Å². The largest absolute Gasteiger partial charge is 0.481 e. The van der Waals surface area contributed by atoms with Crippen LogP contribution in [0.1, 0.15) is 19.8 Å². The van der Waals surface area contributed by atoms with Crippen LogP contribution >= 0.6 is 0 Å². The van der Waals surface area contributed by atoms with Gasteiger partial charge in [0.15, 0.2) is 0 Å². The Bertz CT molecular complexity index is 586. The van der Waals surface area contributed by atoms with E-state index in [0.717, 1.165) is 0 Å². The highest BCUT2D eigenvalue weighted by molar-refractivity contribution is 5.95. The number of hydrogen-bond donors (Lipinski definition) is 2. The molecule has 1 aromatic rings. The fraction of sp³-hybridized carbons (Fsp3) is 0.429. The van der Waals surface area contributed by atoms with E-state index in [1.807, 2.05) is 6.92 Å². The highest BCUT2D eigenvalue weighted by Gasteiger charge is 2.41. The van der Waals surface area contributed by atoms with E-state index in [0.29, 0.717) is 18.5 Å². The molecule has 0 heterocycles. The maximum Gasteiger partial charge on any atom is 0.307 e. The van der Waals surface area contributed by atoms with Gasteiger partial charge in [0, 0.05) is 17.8 Å². The Morgan fingerprint density at radius 1 is 1.33 bits per heavy atom. The lowest BCUT2D eigenvalue weighted by Crippen LogP contribution is -2.29. The van der Waals surface area contributed by atoms with Crippen LogP contribution in [0.25, 0.3) is 0 Å². The Kier molecular flexibility index (Phi) is 4.21. The van der Waals surface area contributed by atoms with Crippen molar-refractivity contribution >= 4 is 23.3 Å². The first kappa shape index (κ1) is 15.0. The number of carbonyl (C=O) groups is 2. The Labute approximate surface area is 121 Å². The number of hydrogen-bond acceptors (Lipinski definition) is 4. The van der Waals surface area contributed by atoms with Gasteiger partial charge in [0.1, 0.15) is 0 Å². The van der Waals surface area contributed by atoms with Crippen molar-refractivity contribution < 1.29 is 19.6 Å². The van der Waals surface area contributed by atoms with E-state index < -0.39 is 28.6 Å². The first-order valence-electron chi connectivity index (χ1n) is 6.66. The van der Waals surface area contributed by atoms with Gasteiger partial charge in [0.25, 0.3) is 5.69 Å². The van der Waals surface area contributed by atoms with Crippen LogP contribution in [-0.4, -0.2) is 21.9 Å². The molecule has 0 spiro atoms. The van der Waals surface area contributed by atoms with Crippen LogP contribution in [0.2, 0.25) is 0 Å². The first-order valence-corrected chi connectivity index (χ1v) is 6.66. The molecule has 7 nitrogen and oxygen atoms in total. The molecule has 1 aliphatic rings. The minimum absolute atomic E-state index is 0.123. The van der Waals surface area contributed by atoms with Crippen LogP contribution in [0.5, 0.6) is 0 Å². The zero-order valence-corrected chi connectivity index (χ0v) is 11.5. The van der Waals surface area contributed by atoms with Crippen LogP contribution in [0.3, 0.4) is 0 Å². The quantitative estimate of drug-likeness (QED) is 0.653. The van der Waals surface area contributed by atoms with Crippen molar-refractivity contribution in [3.05, 3.63) is 34.4 Å². The molecule has 3 atom stereocenters. The van der Waals surface area contributed by atoms with Gasteiger partial charge in [-0.05, 0) is 24.8 Å². The molecule has 0 radical (unpaired) electrons. The van der Waals surface area contributed by atoms with Gasteiger partial charge in [-0.3, -0.25) is 19.7 Å². The van der Waals surface area contributed by atoms with Crippen LogP contribution in [-0.2, 0) is 9.59 Å². The second-order valence-corrected chi connectivity index (χ2v) is 5.42. The van der Waals surface area contributed by atoms with Gasteiger partial charge in [0.05, 0.1) is 16.8 Å². The van der Waals surface area contributed by atoms with Crippen LogP contribution < -0.4 is 5.32 Å². The molecule has 1 aliphatic carbocycles. The summed E-state index contributed by atoms with van der Waals surface area (Å²) in [6, 6.07) is 5.60. The van der Waals surface area contributed by atoms with Crippen molar-refractivity contribution in [2.24, 2.45) is 17.8 Å². The molecule has 1 fully saturated rings. The summed E-state index contributed by atoms with van der Waals surface area (Å²) in [5, 5.41) is 22.4. The van der Waals surface area contributed by atoms with Crippen molar-refractivity contribution in [1.29, 1.82) is 0 Å². The van der Waals surface area contributed by atoms with Crippen molar-refractivity contribution in [1.82, 2.24) is 0 Å². The van der Waals surface area contributed by atoms with E-state index in [9.17, 15) is 19.7 Å². The number of anilines is 1. The molecule has 112 valence electrons. The third-order valence-corrected chi connectivity index (χ3v) is 3.78. The SMILES string of the molecule is CC1CC(C(=O)O)C(C(=O)Nc2cccc([N+](=O)[O-])c2)C1. The van der Waals surface area contributed by atoms with Crippen LogP contribution in [0.4, 0.5) is 11.4 Å². The number of carbonyl (C=O) groups excluding carboxylic acids is 1. The summed E-state index contributed by atoms with van der Waals surface area (Å²) < 4.78 is 0. The summed E-state index contributed by atoms with van der Waals surface area (Å²) in [4.78, 5) is 33.5. The number of nitro benzene ring substituents is 1. The predicted octanol–water partition coefficient (Wildman–Crippen LogP) is 2.28. The lowest BCUT2D eigenvalue weighted by Gasteiger charge is -2.15. The summed E-state index contributed by atoms with van der Waals surface area (Å²) in [5.41, 5.74) is 0.181.